The molecule has 0 atom stereocenters. The maximum absolute atomic E-state index is 12.1. The largest absolute Gasteiger partial charge is 0.511 e. The molecule has 0 unspecified atom stereocenters. The molecule has 0 fully saturated rings. The predicted molar refractivity (Wildman–Crippen MR) is 85.9 cm³/mol. The minimum atomic E-state index is -1.30. The third-order valence-corrected chi connectivity index (χ3v) is 3.65. The van der Waals surface area contributed by atoms with Crippen molar-refractivity contribution in [1.29, 1.82) is 0 Å². The normalized spacial score (nSPS) is 17.3. The van der Waals surface area contributed by atoms with Crippen molar-refractivity contribution in [3.8, 4) is 0 Å². The van der Waals surface area contributed by atoms with Gasteiger partial charge in [0.25, 0.3) is 5.69 Å². The Morgan fingerprint density at radius 2 is 2.04 bits per heavy atom. The molecular weight excluding hydrogens is 316 g/mol. The molecule has 0 bridgehead atoms. The molecular formula is C16H16N2O6. The van der Waals surface area contributed by atoms with Gasteiger partial charge in [0.1, 0.15) is 5.76 Å². The van der Waals surface area contributed by atoms with Crippen LogP contribution in [0.1, 0.15) is 37.0 Å². The first-order valence-electron chi connectivity index (χ1n) is 7.12. The number of carbonyl (C=O) groups is 2. The van der Waals surface area contributed by atoms with Gasteiger partial charge < -0.3 is 10.2 Å². The lowest BCUT2D eigenvalue weighted by Crippen LogP contribution is -2.26. The van der Waals surface area contributed by atoms with Gasteiger partial charge in [-0.15, -0.1) is 0 Å². The van der Waals surface area contributed by atoms with E-state index in [1.54, 1.807) is 0 Å². The Balaban J connectivity index is 2.44. The number of non-ortho nitro benzene ring substituents is 1. The summed E-state index contributed by atoms with van der Waals surface area (Å²) < 4.78 is 0. The van der Waals surface area contributed by atoms with Gasteiger partial charge in [-0.1, -0.05) is 13.8 Å². The Hall–Kier alpha value is -3.03. The van der Waals surface area contributed by atoms with Gasteiger partial charge in [0, 0.05) is 31.2 Å². The third-order valence-electron chi connectivity index (χ3n) is 3.65. The van der Waals surface area contributed by atoms with Crippen LogP contribution in [0.25, 0.3) is 0 Å². The molecule has 2 N–H and O–H groups in total. The number of aliphatic hydroxyl groups is 1. The van der Waals surface area contributed by atoms with Crippen molar-refractivity contribution in [2.45, 2.75) is 26.7 Å². The van der Waals surface area contributed by atoms with E-state index in [-0.39, 0.29) is 45.9 Å². The Labute approximate surface area is 137 Å². The number of nitrogens with zero attached hydrogens (tertiary/aromatic N) is 2. The van der Waals surface area contributed by atoms with Crippen LogP contribution in [0.3, 0.4) is 0 Å². The lowest BCUT2D eigenvalue weighted by Gasteiger charge is -2.28. The zero-order valence-corrected chi connectivity index (χ0v) is 13.1. The number of carboxylic acids is 1. The first kappa shape index (κ1) is 17.3. The Kier molecular flexibility index (Phi) is 4.50. The van der Waals surface area contributed by atoms with Crippen LogP contribution in [-0.4, -0.2) is 33.1 Å². The number of nitro groups is 1. The summed E-state index contributed by atoms with van der Waals surface area (Å²) in [5, 5.41) is 30.0. The van der Waals surface area contributed by atoms with Crippen molar-refractivity contribution in [3.63, 3.8) is 0 Å². The molecule has 24 heavy (non-hydrogen) atoms. The van der Waals surface area contributed by atoms with Crippen LogP contribution < -0.4 is 0 Å². The maximum atomic E-state index is 12.1. The van der Waals surface area contributed by atoms with Crippen molar-refractivity contribution in [3.05, 3.63) is 45.2 Å². The number of hydrogen-bond acceptors (Lipinski definition) is 6. The molecule has 0 aliphatic heterocycles. The van der Waals surface area contributed by atoms with E-state index in [9.17, 15) is 24.8 Å². The van der Waals surface area contributed by atoms with E-state index in [1.807, 2.05) is 13.8 Å². The molecule has 0 saturated carbocycles. The first-order valence-corrected chi connectivity index (χ1v) is 7.12. The summed E-state index contributed by atoms with van der Waals surface area (Å²) >= 11 is 0. The molecule has 8 nitrogen and oxygen atoms in total. The van der Waals surface area contributed by atoms with Crippen LogP contribution in [0, 0.1) is 15.5 Å². The second kappa shape index (κ2) is 6.23. The summed E-state index contributed by atoms with van der Waals surface area (Å²) in [6.07, 6.45) is 1.58. The van der Waals surface area contributed by atoms with Crippen LogP contribution in [0.2, 0.25) is 0 Å². The van der Waals surface area contributed by atoms with Crippen LogP contribution in [0.4, 0.5) is 11.4 Å². The highest BCUT2D eigenvalue weighted by Crippen LogP contribution is 2.35. The molecule has 0 spiro atoms. The fraction of sp³-hybridized carbons (Fsp3) is 0.312. The van der Waals surface area contributed by atoms with Gasteiger partial charge in [-0.25, -0.2) is 4.79 Å². The van der Waals surface area contributed by atoms with E-state index in [1.165, 1.54) is 0 Å². The number of hydrogen-bond donors (Lipinski definition) is 2. The van der Waals surface area contributed by atoms with Crippen LogP contribution in [0.5, 0.6) is 0 Å². The molecule has 0 radical (unpaired) electrons. The zero-order valence-electron chi connectivity index (χ0n) is 13.1. The van der Waals surface area contributed by atoms with Gasteiger partial charge in [0.05, 0.1) is 21.7 Å². The number of ketones is 1. The molecule has 2 rings (SSSR count). The number of nitro benzene ring substituents is 1. The van der Waals surface area contributed by atoms with Gasteiger partial charge >= 0.3 is 5.97 Å². The second-order valence-corrected chi connectivity index (χ2v) is 6.32. The molecule has 8 heteroatoms. The lowest BCUT2D eigenvalue weighted by atomic mass is 9.77. The maximum Gasteiger partial charge on any atom is 0.337 e. The molecule has 1 aliphatic carbocycles. The SMILES string of the molecule is CC1(C)CC(=O)C(C=Nc2cc([N+](=O)[O-])ccc2C(=O)O)=C(O)C1. The summed E-state index contributed by atoms with van der Waals surface area (Å²) in [4.78, 5) is 37.3. The summed E-state index contributed by atoms with van der Waals surface area (Å²) in [6.45, 7) is 3.69. The number of allylic oxidation sites excluding steroid dienone is 2. The van der Waals surface area contributed by atoms with Crippen molar-refractivity contribution in [1.82, 2.24) is 0 Å². The number of aromatic carboxylic acids is 1. The van der Waals surface area contributed by atoms with Gasteiger partial charge in [0.2, 0.25) is 0 Å². The quantitative estimate of drug-likeness (QED) is 0.494. The van der Waals surface area contributed by atoms with E-state index in [2.05, 4.69) is 4.99 Å². The summed E-state index contributed by atoms with van der Waals surface area (Å²) in [5.41, 5.74) is -1.08. The zero-order chi connectivity index (χ0) is 18.1. The monoisotopic (exact) mass is 332 g/mol. The number of rotatable bonds is 4. The molecule has 0 heterocycles. The Morgan fingerprint density at radius 1 is 1.38 bits per heavy atom. The van der Waals surface area contributed by atoms with Crippen molar-refractivity contribution in [2.75, 3.05) is 0 Å². The third kappa shape index (κ3) is 3.65. The average Bonchev–Trinajstić information content (AvgIpc) is 2.44. The highest BCUT2D eigenvalue weighted by atomic mass is 16.6. The van der Waals surface area contributed by atoms with Gasteiger partial charge in [-0.2, -0.15) is 0 Å². The topological polar surface area (TPSA) is 130 Å². The lowest BCUT2D eigenvalue weighted by molar-refractivity contribution is -0.384. The molecule has 1 aromatic carbocycles. The minimum absolute atomic E-state index is 0.00262. The van der Waals surface area contributed by atoms with Gasteiger partial charge in [-0.05, 0) is 11.5 Å². The van der Waals surface area contributed by atoms with Crippen molar-refractivity contribution >= 4 is 29.3 Å². The number of aliphatic imine (C=N–C) groups is 1. The van der Waals surface area contributed by atoms with Crippen LogP contribution >= 0.6 is 0 Å². The first-order chi connectivity index (χ1) is 11.1. The number of aliphatic hydroxyl groups excluding tert-OH is 1. The summed E-state index contributed by atoms with van der Waals surface area (Å²) in [5.74, 6) is -1.73. The molecule has 1 aromatic rings. The van der Waals surface area contributed by atoms with Crippen LogP contribution in [0.15, 0.2) is 34.5 Å². The molecule has 0 aromatic heterocycles. The summed E-state index contributed by atoms with van der Waals surface area (Å²) in [7, 11) is 0. The molecule has 0 saturated heterocycles. The van der Waals surface area contributed by atoms with E-state index in [4.69, 9.17) is 5.11 Å². The van der Waals surface area contributed by atoms with Crippen molar-refractivity contribution < 1.29 is 24.7 Å². The van der Waals surface area contributed by atoms with E-state index in [0.29, 0.717) is 6.42 Å². The highest BCUT2D eigenvalue weighted by molar-refractivity contribution is 6.15. The van der Waals surface area contributed by atoms with Gasteiger partial charge in [0.15, 0.2) is 5.78 Å². The summed E-state index contributed by atoms with van der Waals surface area (Å²) in [6, 6.07) is 3.15. The van der Waals surface area contributed by atoms with Crippen LogP contribution in [-0.2, 0) is 4.79 Å². The smallest absolute Gasteiger partial charge is 0.337 e. The number of carbonyl (C=O) groups excluding carboxylic acids is 1. The Bertz CT molecular complexity index is 792. The Morgan fingerprint density at radius 3 is 2.58 bits per heavy atom. The van der Waals surface area contributed by atoms with Crippen molar-refractivity contribution in [2.24, 2.45) is 10.4 Å². The molecule has 1 aliphatic rings. The minimum Gasteiger partial charge on any atom is -0.511 e. The fourth-order valence-electron chi connectivity index (χ4n) is 2.50. The average molecular weight is 332 g/mol. The predicted octanol–water partition coefficient (Wildman–Crippen LogP) is 3.20. The standard InChI is InChI=1S/C16H16N2O6/c1-16(2)6-13(19)11(14(20)7-16)8-17-12-5-9(18(23)24)3-4-10(12)15(21)22/h3-5,8,19H,6-7H2,1-2H3,(H,21,22). The molecule has 0 amide bonds. The fourth-order valence-corrected chi connectivity index (χ4v) is 2.50. The number of Topliss-reactive ketones (excluding diaryl/α,β-unsaturated/α-hetero) is 1. The van der Waals surface area contributed by atoms with E-state index < -0.39 is 10.9 Å². The number of benzene rings is 1. The second-order valence-electron chi connectivity index (χ2n) is 6.32. The van der Waals surface area contributed by atoms with E-state index in [0.717, 1.165) is 24.4 Å². The molecule has 126 valence electrons. The number of carboxylic acid groups (broad SMARTS) is 1. The highest BCUT2D eigenvalue weighted by Gasteiger charge is 2.32. The van der Waals surface area contributed by atoms with E-state index >= 15 is 0 Å². The van der Waals surface area contributed by atoms with Gasteiger partial charge in [-0.3, -0.25) is 19.9 Å².